The SMILES string of the molecule is O=C(O[C@H]1CCOC1=O)C1CCN(C(=O)c2ccc(F)cc2)CC1. The summed E-state index contributed by atoms with van der Waals surface area (Å²) in [7, 11) is 0. The quantitative estimate of drug-likeness (QED) is 0.784. The predicted molar refractivity (Wildman–Crippen MR) is 80.5 cm³/mol. The lowest BCUT2D eigenvalue weighted by Gasteiger charge is -2.31. The Balaban J connectivity index is 1.51. The van der Waals surface area contributed by atoms with E-state index in [-0.39, 0.29) is 18.4 Å². The zero-order valence-electron chi connectivity index (χ0n) is 13.1. The highest BCUT2D eigenvalue weighted by molar-refractivity contribution is 5.94. The topological polar surface area (TPSA) is 72.9 Å². The van der Waals surface area contributed by atoms with Crippen LogP contribution in [0.15, 0.2) is 24.3 Å². The van der Waals surface area contributed by atoms with Crippen LogP contribution < -0.4 is 0 Å². The molecule has 0 bridgehead atoms. The molecule has 2 aliphatic heterocycles. The van der Waals surface area contributed by atoms with Gasteiger partial charge in [-0.3, -0.25) is 9.59 Å². The van der Waals surface area contributed by atoms with E-state index in [1.807, 2.05) is 0 Å². The van der Waals surface area contributed by atoms with Crippen molar-refractivity contribution in [2.24, 2.45) is 5.92 Å². The summed E-state index contributed by atoms with van der Waals surface area (Å²) in [5, 5.41) is 0. The van der Waals surface area contributed by atoms with Crippen molar-refractivity contribution in [3.63, 3.8) is 0 Å². The maximum atomic E-state index is 12.9. The maximum Gasteiger partial charge on any atom is 0.347 e. The molecule has 1 amide bonds. The third kappa shape index (κ3) is 3.55. The van der Waals surface area contributed by atoms with Crippen LogP contribution in [0.2, 0.25) is 0 Å². The number of hydrogen-bond donors (Lipinski definition) is 0. The highest BCUT2D eigenvalue weighted by atomic mass is 19.1. The van der Waals surface area contributed by atoms with E-state index in [2.05, 4.69) is 0 Å². The van der Waals surface area contributed by atoms with E-state index in [9.17, 15) is 18.8 Å². The molecule has 2 heterocycles. The summed E-state index contributed by atoms with van der Waals surface area (Å²) in [5.41, 5.74) is 0.422. The average Bonchev–Trinajstić information content (AvgIpc) is 3.00. The lowest BCUT2D eigenvalue weighted by atomic mass is 9.96. The molecule has 128 valence electrons. The average molecular weight is 335 g/mol. The molecule has 0 saturated carbocycles. The van der Waals surface area contributed by atoms with Gasteiger partial charge < -0.3 is 14.4 Å². The fraction of sp³-hybridized carbons (Fsp3) is 0.471. The monoisotopic (exact) mass is 335 g/mol. The summed E-state index contributed by atoms with van der Waals surface area (Å²) >= 11 is 0. The second kappa shape index (κ2) is 6.98. The number of carbonyl (C=O) groups is 3. The molecule has 0 unspecified atom stereocenters. The van der Waals surface area contributed by atoms with Gasteiger partial charge in [0.25, 0.3) is 5.91 Å². The minimum absolute atomic E-state index is 0.179. The first-order valence-corrected chi connectivity index (χ1v) is 7.96. The molecule has 0 spiro atoms. The van der Waals surface area contributed by atoms with E-state index in [4.69, 9.17) is 9.47 Å². The van der Waals surface area contributed by atoms with Crippen LogP contribution in [0.25, 0.3) is 0 Å². The van der Waals surface area contributed by atoms with Crippen molar-refractivity contribution >= 4 is 17.8 Å². The minimum atomic E-state index is -0.795. The number of hydrogen-bond acceptors (Lipinski definition) is 5. The predicted octanol–water partition coefficient (Wildman–Crippen LogP) is 1.54. The van der Waals surface area contributed by atoms with Crippen molar-refractivity contribution in [2.45, 2.75) is 25.4 Å². The Hall–Kier alpha value is -2.44. The minimum Gasteiger partial charge on any atom is -0.463 e. The Morgan fingerprint density at radius 3 is 2.38 bits per heavy atom. The highest BCUT2D eigenvalue weighted by Crippen LogP contribution is 2.22. The largest absolute Gasteiger partial charge is 0.463 e. The van der Waals surface area contributed by atoms with Gasteiger partial charge in [-0.2, -0.15) is 0 Å². The molecule has 0 aliphatic carbocycles. The van der Waals surface area contributed by atoms with Gasteiger partial charge in [0, 0.05) is 25.1 Å². The van der Waals surface area contributed by atoms with E-state index in [0.717, 1.165) is 0 Å². The normalized spacial score (nSPS) is 21.5. The molecule has 24 heavy (non-hydrogen) atoms. The second-order valence-electron chi connectivity index (χ2n) is 5.96. The Labute approximate surface area is 138 Å². The molecule has 1 aromatic carbocycles. The van der Waals surface area contributed by atoms with E-state index in [0.29, 0.717) is 37.9 Å². The number of piperidine rings is 1. The Kier molecular flexibility index (Phi) is 4.78. The maximum absolute atomic E-state index is 12.9. The number of nitrogens with zero attached hydrogens (tertiary/aromatic N) is 1. The Morgan fingerprint density at radius 1 is 1.12 bits per heavy atom. The molecule has 2 saturated heterocycles. The van der Waals surface area contributed by atoms with Gasteiger partial charge in [0.15, 0.2) is 0 Å². The second-order valence-corrected chi connectivity index (χ2v) is 5.96. The van der Waals surface area contributed by atoms with Gasteiger partial charge in [-0.25, -0.2) is 9.18 Å². The van der Waals surface area contributed by atoms with Crippen molar-refractivity contribution in [3.05, 3.63) is 35.6 Å². The summed E-state index contributed by atoms with van der Waals surface area (Å²) in [6.07, 6.45) is 0.560. The number of benzene rings is 1. The molecule has 1 atom stereocenters. The molecule has 7 heteroatoms. The van der Waals surface area contributed by atoms with Gasteiger partial charge in [-0.05, 0) is 37.1 Å². The molecular weight excluding hydrogens is 317 g/mol. The molecule has 2 aliphatic rings. The van der Waals surface area contributed by atoms with Crippen molar-refractivity contribution in [1.82, 2.24) is 4.90 Å². The van der Waals surface area contributed by atoms with Crippen LogP contribution in [0.5, 0.6) is 0 Å². The zero-order valence-corrected chi connectivity index (χ0v) is 13.1. The van der Waals surface area contributed by atoms with Crippen molar-refractivity contribution < 1.29 is 28.2 Å². The van der Waals surface area contributed by atoms with Crippen LogP contribution in [0.1, 0.15) is 29.6 Å². The smallest absolute Gasteiger partial charge is 0.347 e. The first kappa shape index (κ1) is 16.4. The zero-order chi connectivity index (χ0) is 17.1. The number of carbonyl (C=O) groups excluding carboxylic acids is 3. The number of halogens is 1. The summed E-state index contributed by atoms with van der Waals surface area (Å²) in [6.45, 7) is 1.12. The number of ether oxygens (including phenoxy) is 2. The summed E-state index contributed by atoms with van der Waals surface area (Å²) < 4.78 is 22.9. The third-order valence-electron chi connectivity index (χ3n) is 4.35. The van der Waals surface area contributed by atoms with Crippen LogP contribution in [0, 0.1) is 11.7 Å². The van der Waals surface area contributed by atoms with Gasteiger partial charge in [-0.1, -0.05) is 0 Å². The lowest BCUT2D eigenvalue weighted by molar-refractivity contribution is -0.164. The Morgan fingerprint density at radius 2 is 1.79 bits per heavy atom. The van der Waals surface area contributed by atoms with Crippen LogP contribution >= 0.6 is 0 Å². The standard InChI is InChI=1S/C17H18FNO5/c18-13-3-1-11(2-4-13)15(20)19-8-5-12(6-9-19)16(21)24-14-7-10-23-17(14)22/h1-4,12,14H,5-10H2/t14-/m0/s1. The molecule has 6 nitrogen and oxygen atoms in total. The fourth-order valence-corrected chi connectivity index (χ4v) is 2.91. The van der Waals surface area contributed by atoms with Crippen LogP contribution in [-0.4, -0.2) is 48.5 Å². The molecule has 1 aromatic rings. The first-order chi connectivity index (χ1) is 11.5. The van der Waals surface area contributed by atoms with Gasteiger partial charge in [0.2, 0.25) is 6.10 Å². The van der Waals surface area contributed by atoms with Crippen LogP contribution in [0.4, 0.5) is 4.39 Å². The number of esters is 2. The lowest BCUT2D eigenvalue weighted by Crippen LogP contribution is -2.41. The van der Waals surface area contributed by atoms with E-state index in [1.54, 1.807) is 4.90 Å². The summed E-state index contributed by atoms with van der Waals surface area (Å²) in [6, 6.07) is 5.39. The van der Waals surface area contributed by atoms with Crippen LogP contribution in [0.3, 0.4) is 0 Å². The third-order valence-corrected chi connectivity index (χ3v) is 4.35. The molecule has 0 radical (unpaired) electrons. The summed E-state index contributed by atoms with van der Waals surface area (Å²) in [5.74, 6) is -1.80. The van der Waals surface area contributed by atoms with Gasteiger partial charge in [0.05, 0.1) is 12.5 Å². The van der Waals surface area contributed by atoms with Crippen LogP contribution in [-0.2, 0) is 19.1 Å². The number of rotatable bonds is 3. The van der Waals surface area contributed by atoms with Gasteiger partial charge in [0.1, 0.15) is 5.82 Å². The van der Waals surface area contributed by atoms with Crippen molar-refractivity contribution in [2.75, 3.05) is 19.7 Å². The van der Waals surface area contributed by atoms with E-state index < -0.39 is 23.9 Å². The van der Waals surface area contributed by atoms with E-state index >= 15 is 0 Å². The first-order valence-electron chi connectivity index (χ1n) is 7.96. The van der Waals surface area contributed by atoms with E-state index in [1.165, 1.54) is 24.3 Å². The number of amides is 1. The Bertz CT molecular complexity index is 637. The summed E-state index contributed by atoms with van der Waals surface area (Å²) in [4.78, 5) is 37.4. The fourth-order valence-electron chi connectivity index (χ4n) is 2.91. The molecular formula is C17H18FNO5. The highest BCUT2D eigenvalue weighted by Gasteiger charge is 2.34. The molecule has 0 aromatic heterocycles. The number of likely N-dealkylation sites (tertiary alicyclic amines) is 1. The molecule has 2 fully saturated rings. The molecule has 3 rings (SSSR count). The molecule has 0 N–H and O–H groups in total. The van der Waals surface area contributed by atoms with Gasteiger partial charge in [-0.15, -0.1) is 0 Å². The van der Waals surface area contributed by atoms with Crippen molar-refractivity contribution in [1.29, 1.82) is 0 Å². The van der Waals surface area contributed by atoms with Gasteiger partial charge >= 0.3 is 11.9 Å². The number of cyclic esters (lactones) is 1. The van der Waals surface area contributed by atoms with Crippen molar-refractivity contribution in [3.8, 4) is 0 Å².